The molecule has 19 heavy (non-hydrogen) atoms. The van der Waals surface area contributed by atoms with Gasteiger partial charge >= 0.3 is 0 Å². The molecule has 0 radical (unpaired) electrons. The van der Waals surface area contributed by atoms with E-state index in [1.165, 1.54) is 18.4 Å². The van der Waals surface area contributed by atoms with E-state index in [0.717, 1.165) is 10.6 Å². The van der Waals surface area contributed by atoms with Crippen molar-refractivity contribution in [2.75, 3.05) is 12.4 Å². The summed E-state index contributed by atoms with van der Waals surface area (Å²) in [5.41, 5.74) is 1.40. The highest BCUT2D eigenvalue weighted by Gasteiger charge is 2.14. The Morgan fingerprint density at radius 1 is 1.42 bits per heavy atom. The summed E-state index contributed by atoms with van der Waals surface area (Å²) < 4.78 is 5.18. The van der Waals surface area contributed by atoms with Gasteiger partial charge in [0, 0.05) is 9.90 Å². The van der Waals surface area contributed by atoms with E-state index >= 15 is 0 Å². The zero-order valence-corrected chi connectivity index (χ0v) is 12.4. The molecule has 0 atom stereocenters. The molecule has 0 aliphatic heterocycles. The highest BCUT2D eigenvalue weighted by atomic mass is 35.5. The molecule has 2 aromatic rings. The highest BCUT2D eigenvalue weighted by Crippen LogP contribution is 2.28. The van der Waals surface area contributed by atoms with Crippen molar-refractivity contribution in [2.45, 2.75) is 13.8 Å². The van der Waals surface area contributed by atoms with Crippen molar-refractivity contribution in [3.05, 3.63) is 38.8 Å². The lowest BCUT2D eigenvalue weighted by Gasteiger charge is -2.09. The van der Waals surface area contributed by atoms with E-state index < -0.39 is 0 Å². The third-order valence-corrected chi connectivity index (χ3v) is 3.94. The summed E-state index contributed by atoms with van der Waals surface area (Å²) in [5.74, 6) is 0.296. The molecule has 0 bridgehead atoms. The van der Waals surface area contributed by atoms with Crippen molar-refractivity contribution in [1.29, 1.82) is 0 Å². The molecule has 1 heterocycles. The lowest BCUT2D eigenvalue weighted by atomic mass is 10.3. The number of carbonyl (C=O) groups excluding carboxylic acids is 1. The maximum absolute atomic E-state index is 12.1. The number of amides is 1. The summed E-state index contributed by atoms with van der Waals surface area (Å²) >= 11 is 7.28. The number of hydrogen-bond acceptors (Lipinski definition) is 4. The van der Waals surface area contributed by atoms with E-state index in [4.69, 9.17) is 16.3 Å². The van der Waals surface area contributed by atoms with Gasteiger partial charge in [-0.05, 0) is 32.0 Å². The second-order valence-electron chi connectivity index (χ2n) is 3.96. The first-order valence-electron chi connectivity index (χ1n) is 5.60. The first-order chi connectivity index (χ1) is 9.01. The van der Waals surface area contributed by atoms with Crippen molar-refractivity contribution in [3.8, 4) is 5.75 Å². The quantitative estimate of drug-likeness (QED) is 0.940. The first-order valence-corrected chi connectivity index (χ1v) is 6.79. The van der Waals surface area contributed by atoms with Crippen LogP contribution in [0.1, 0.15) is 20.4 Å². The van der Waals surface area contributed by atoms with Crippen LogP contribution in [0, 0.1) is 13.8 Å². The molecule has 100 valence electrons. The van der Waals surface area contributed by atoms with Crippen LogP contribution < -0.4 is 10.1 Å². The van der Waals surface area contributed by atoms with E-state index in [-0.39, 0.29) is 5.91 Å². The number of thiazole rings is 1. The number of rotatable bonds is 3. The van der Waals surface area contributed by atoms with Crippen LogP contribution in [0.4, 0.5) is 5.69 Å². The van der Waals surface area contributed by atoms with Crippen LogP contribution in [0.5, 0.6) is 5.75 Å². The van der Waals surface area contributed by atoms with Crippen LogP contribution in [0.25, 0.3) is 0 Å². The Kier molecular flexibility index (Phi) is 4.07. The molecule has 0 unspecified atom stereocenters. The number of nitrogens with one attached hydrogen (secondary N) is 1. The number of halogens is 1. The van der Waals surface area contributed by atoms with Gasteiger partial charge in [-0.15, -0.1) is 11.3 Å². The minimum atomic E-state index is -0.262. The van der Waals surface area contributed by atoms with Crippen molar-refractivity contribution in [3.63, 3.8) is 0 Å². The van der Waals surface area contributed by atoms with E-state index in [2.05, 4.69) is 10.3 Å². The van der Waals surface area contributed by atoms with Gasteiger partial charge in [-0.3, -0.25) is 4.79 Å². The number of aromatic nitrogens is 1. The fraction of sp³-hybridized carbons (Fsp3) is 0.231. The Morgan fingerprint density at radius 3 is 2.74 bits per heavy atom. The number of carbonyl (C=O) groups is 1. The van der Waals surface area contributed by atoms with Crippen LogP contribution in [-0.4, -0.2) is 18.0 Å². The van der Waals surface area contributed by atoms with Gasteiger partial charge in [0.05, 0.1) is 18.5 Å². The average Bonchev–Trinajstić information content (AvgIpc) is 2.70. The standard InChI is InChI=1S/C13H13ClN2O2S/c1-7-8(2)19-13(15-7)12(17)16-10-6-9(14)4-5-11(10)18-3/h4-6H,1-3H3,(H,16,17). The number of methoxy groups -OCH3 is 1. The summed E-state index contributed by atoms with van der Waals surface area (Å²) in [4.78, 5) is 17.3. The number of nitrogens with zero attached hydrogens (tertiary/aromatic N) is 1. The number of ether oxygens (including phenoxy) is 1. The Hall–Kier alpha value is -1.59. The molecule has 6 heteroatoms. The Labute approximate surface area is 120 Å². The summed E-state index contributed by atoms with van der Waals surface area (Å²) in [5, 5.41) is 3.72. The van der Waals surface area contributed by atoms with Crippen LogP contribution in [0.2, 0.25) is 5.02 Å². The van der Waals surface area contributed by atoms with Crippen LogP contribution in [0.3, 0.4) is 0 Å². The Bertz CT molecular complexity index is 606. The van der Waals surface area contributed by atoms with E-state index in [0.29, 0.717) is 21.5 Å². The second-order valence-corrected chi connectivity index (χ2v) is 5.60. The summed E-state index contributed by atoms with van der Waals surface area (Å²) in [6.45, 7) is 3.81. The van der Waals surface area contributed by atoms with Gasteiger partial charge in [0.2, 0.25) is 0 Å². The molecule has 0 spiro atoms. The Morgan fingerprint density at radius 2 is 2.16 bits per heavy atom. The maximum Gasteiger partial charge on any atom is 0.284 e. The number of anilines is 1. The average molecular weight is 297 g/mol. The molecule has 1 aromatic carbocycles. The number of benzene rings is 1. The zero-order chi connectivity index (χ0) is 14.0. The summed E-state index contributed by atoms with van der Waals surface area (Å²) in [6.07, 6.45) is 0. The molecule has 1 aromatic heterocycles. The molecule has 0 aliphatic carbocycles. The normalized spacial score (nSPS) is 10.3. The summed E-state index contributed by atoms with van der Waals surface area (Å²) in [6, 6.07) is 5.05. The van der Waals surface area contributed by atoms with Gasteiger partial charge in [-0.2, -0.15) is 0 Å². The maximum atomic E-state index is 12.1. The van der Waals surface area contributed by atoms with Crippen molar-refractivity contribution < 1.29 is 9.53 Å². The fourth-order valence-electron chi connectivity index (χ4n) is 1.52. The summed E-state index contributed by atoms with van der Waals surface area (Å²) in [7, 11) is 1.54. The SMILES string of the molecule is COc1ccc(Cl)cc1NC(=O)c1nc(C)c(C)s1. The monoisotopic (exact) mass is 296 g/mol. The fourth-order valence-corrected chi connectivity index (χ4v) is 2.51. The van der Waals surface area contributed by atoms with Gasteiger partial charge in [-0.25, -0.2) is 4.98 Å². The minimum absolute atomic E-state index is 0.262. The highest BCUT2D eigenvalue weighted by molar-refractivity contribution is 7.13. The van der Waals surface area contributed by atoms with Crippen LogP contribution >= 0.6 is 22.9 Å². The molecular formula is C13H13ClN2O2S. The van der Waals surface area contributed by atoms with Gasteiger partial charge < -0.3 is 10.1 Å². The lowest BCUT2D eigenvalue weighted by Crippen LogP contribution is -2.12. The molecule has 2 rings (SSSR count). The smallest absolute Gasteiger partial charge is 0.284 e. The van der Waals surface area contributed by atoms with Crippen LogP contribution in [0.15, 0.2) is 18.2 Å². The molecule has 0 saturated carbocycles. The van der Waals surface area contributed by atoms with Gasteiger partial charge in [0.15, 0.2) is 5.01 Å². The molecule has 0 saturated heterocycles. The lowest BCUT2D eigenvalue weighted by molar-refractivity contribution is 0.102. The van der Waals surface area contributed by atoms with Gasteiger partial charge in [0.25, 0.3) is 5.91 Å². The molecule has 4 nitrogen and oxygen atoms in total. The Balaban J connectivity index is 2.25. The van der Waals surface area contributed by atoms with Gasteiger partial charge in [0.1, 0.15) is 5.75 Å². The molecule has 0 aliphatic rings. The second kappa shape index (κ2) is 5.59. The molecule has 1 N–H and O–H groups in total. The van der Waals surface area contributed by atoms with E-state index in [1.54, 1.807) is 18.2 Å². The third-order valence-electron chi connectivity index (χ3n) is 2.63. The van der Waals surface area contributed by atoms with Crippen molar-refractivity contribution >= 4 is 34.5 Å². The van der Waals surface area contributed by atoms with Crippen LogP contribution in [-0.2, 0) is 0 Å². The van der Waals surface area contributed by atoms with E-state index in [9.17, 15) is 4.79 Å². The predicted octanol–water partition coefficient (Wildman–Crippen LogP) is 3.67. The van der Waals surface area contributed by atoms with Gasteiger partial charge in [-0.1, -0.05) is 11.6 Å². The van der Waals surface area contributed by atoms with Crippen molar-refractivity contribution in [1.82, 2.24) is 4.98 Å². The van der Waals surface area contributed by atoms with Crippen molar-refractivity contribution in [2.24, 2.45) is 0 Å². The molecular weight excluding hydrogens is 284 g/mol. The zero-order valence-electron chi connectivity index (χ0n) is 10.8. The topological polar surface area (TPSA) is 51.2 Å². The number of aryl methyl sites for hydroxylation is 2. The molecule has 0 fully saturated rings. The minimum Gasteiger partial charge on any atom is -0.495 e. The first kappa shape index (κ1) is 13.8. The largest absolute Gasteiger partial charge is 0.495 e. The number of hydrogen-bond donors (Lipinski definition) is 1. The predicted molar refractivity (Wildman–Crippen MR) is 77.5 cm³/mol. The molecule has 1 amide bonds. The third kappa shape index (κ3) is 3.05. The van der Waals surface area contributed by atoms with E-state index in [1.807, 2.05) is 13.8 Å².